The Kier molecular flexibility index (Phi) is 7.05. The van der Waals surface area contributed by atoms with Gasteiger partial charge < -0.3 is 14.7 Å². The minimum Gasteiger partial charge on any atom is -0.484 e. The van der Waals surface area contributed by atoms with E-state index in [0.717, 1.165) is 12.1 Å². The van der Waals surface area contributed by atoms with Crippen LogP contribution in [0.3, 0.4) is 0 Å². The topological polar surface area (TPSA) is 70.1 Å². The van der Waals surface area contributed by atoms with E-state index in [-0.39, 0.29) is 36.8 Å². The molecule has 7 heteroatoms. The first-order chi connectivity index (χ1) is 14.3. The molecule has 1 amide bonds. The zero-order valence-electron chi connectivity index (χ0n) is 17.3. The smallest absolute Gasteiger partial charge is 0.307 e. The van der Waals surface area contributed by atoms with Crippen LogP contribution < -0.4 is 4.74 Å². The number of carbonyl (C=O) groups excluding carboxylic acids is 1. The maximum absolute atomic E-state index is 13.1. The molecule has 160 valence electrons. The molecule has 0 bridgehead atoms. The molecular weight excluding hydrogens is 387 g/mol. The van der Waals surface area contributed by atoms with Gasteiger partial charge in [0.1, 0.15) is 11.6 Å². The van der Waals surface area contributed by atoms with Crippen LogP contribution in [-0.2, 0) is 22.6 Å². The van der Waals surface area contributed by atoms with E-state index in [0.29, 0.717) is 24.4 Å². The third-order valence-electron chi connectivity index (χ3n) is 5.38. The molecule has 6 nitrogen and oxygen atoms in total. The molecule has 0 radical (unpaired) electrons. The molecule has 0 aromatic heterocycles. The van der Waals surface area contributed by atoms with Crippen LogP contribution in [0, 0.1) is 5.82 Å². The second kappa shape index (κ2) is 9.71. The van der Waals surface area contributed by atoms with E-state index in [4.69, 9.17) is 9.84 Å². The van der Waals surface area contributed by atoms with E-state index in [1.54, 1.807) is 36.4 Å². The molecule has 1 aliphatic heterocycles. The van der Waals surface area contributed by atoms with Gasteiger partial charge in [0.05, 0.1) is 6.42 Å². The average Bonchev–Trinajstić information content (AvgIpc) is 2.71. The molecule has 2 atom stereocenters. The van der Waals surface area contributed by atoms with E-state index >= 15 is 0 Å². The summed E-state index contributed by atoms with van der Waals surface area (Å²) in [5.74, 6) is -0.675. The summed E-state index contributed by atoms with van der Waals surface area (Å²) in [4.78, 5) is 27.6. The maximum Gasteiger partial charge on any atom is 0.307 e. The molecule has 3 rings (SSSR count). The number of ether oxygens (including phenoxy) is 1. The van der Waals surface area contributed by atoms with Gasteiger partial charge in [-0.25, -0.2) is 4.39 Å². The number of halogens is 1. The number of nitrogens with zero attached hydrogens (tertiary/aromatic N) is 2. The molecule has 1 fully saturated rings. The first-order valence-corrected chi connectivity index (χ1v) is 10.0. The summed E-state index contributed by atoms with van der Waals surface area (Å²) in [6, 6.07) is 13.5. The van der Waals surface area contributed by atoms with E-state index in [2.05, 4.69) is 11.8 Å². The van der Waals surface area contributed by atoms with Gasteiger partial charge in [-0.2, -0.15) is 0 Å². The largest absolute Gasteiger partial charge is 0.484 e. The van der Waals surface area contributed by atoms with E-state index < -0.39 is 5.97 Å². The third kappa shape index (κ3) is 5.79. The van der Waals surface area contributed by atoms with E-state index in [9.17, 15) is 14.0 Å². The number of piperazine rings is 1. The van der Waals surface area contributed by atoms with Gasteiger partial charge in [0, 0.05) is 31.7 Å². The minimum atomic E-state index is -0.888. The van der Waals surface area contributed by atoms with Gasteiger partial charge in [0.2, 0.25) is 0 Å². The van der Waals surface area contributed by atoms with Gasteiger partial charge in [0.15, 0.2) is 6.61 Å². The molecule has 30 heavy (non-hydrogen) atoms. The number of carboxylic acids is 1. The lowest BCUT2D eigenvalue weighted by atomic mass is 10.1. The summed E-state index contributed by atoms with van der Waals surface area (Å²) in [6.07, 6.45) is -0.0448. The molecule has 0 aliphatic carbocycles. The van der Waals surface area contributed by atoms with Crippen molar-refractivity contribution in [1.29, 1.82) is 0 Å². The van der Waals surface area contributed by atoms with Crippen molar-refractivity contribution >= 4 is 11.9 Å². The van der Waals surface area contributed by atoms with Crippen molar-refractivity contribution in [1.82, 2.24) is 9.80 Å². The lowest BCUT2D eigenvalue weighted by Crippen LogP contribution is -2.58. The minimum absolute atomic E-state index is 0.0377. The molecule has 1 aliphatic rings. The van der Waals surface area contributed by atoms with Gasteiger partial charge in [-0.1, -0.05) is 24.3 Å². The fraction of sp³-hybridized carbons (Fsp3) is 0.391. The normalized spacial score (nSPS) is 19.5. The van der Waals surface area contributed by atoms with Gasteiger partial charge in [0.25, 0.3) is 5.91 Å². The fourth-order valence-electron chi connectivity index (χ4n) is 3.70. The Bertz CT molecular complexity index is 870. The third-order valence-corrected chi connectivity index (χ3v) is 5.38. The highest BCUT2D eigenvalue weighted by molar-refractivity contribution is 5.78. The van der Waals surface area contributed by atoms with Crippen LogP contribution in [0.2, 0.25) is 0 Å². The second-order valence-electron chi connectivity index (χ2n) is 7.80. The molecule has 2 aromatic carbocycles. The zero-order chi connectivity index (χ0) is 21.7. The van der Waals surface area contributed by atoms with Crippen LogP contribution in [0.5, 0.6) is 5.75 Å². The molecule has 0 unspecified atom stereocenters. The molecule has 0 spiro atoms. The Morgan fingerprint density at radius 3 is 2.27 bits per heavy atom. The van der Waals surface area contributed by atoms with Crippen LogP contribution in [0.4, 0.5) is 4.39 Å². The number of hydrogen-bond acceptors (Lipinski definition) is 4. The van der Waals surface area contributed by atoms with Gasteiger partial charge in [-0.05, 0) is 49.2 Å². The van der Waals surface area contributed by atoms with E-state index in [1.807, 2.05) is 11.8 Å². The number of carboxylic acid groups (broad SMARTS) is 1. The summed E-state index contributed by atoms with van der Waals surface area (Å²) in [6.45, 7) is 6.08. The van der Waals surface area contributed by atoms with Crippen molar-refractivity contribution in [2.24, 2.45) is 0 Å². The number of rotatable bonds is 7. The maximum atomic E-state index is 13.1. The second-order valence-corrected chi connectivity index (χ2v) is 7.80. The molecular formula is C23H27FN2O4. The summed E-state index contributed by atoms with van der Waals surface area (Å²) < 4.78 is 18.7. The van der Waals surface area contributed by atoms with Crippen molar-refractivity contribution in [3.63, 3.8) is 0 Å². The molecule has 1 N–H and O–H groups in total. The number of hydrogen-bond donors (Lipinski definition) is 1. The first-order valence-electron chi connectivity index (χ1n) is 10.0. The van der Waals surface area contributed by atoms with Crippen molar-refractivity contribution in [2.75, 3.05) is 19.7 Å². The average molecular weight is 414 g/mol. The predicted molar refractivity (Wildman–Crippen MR) is 111 cm³/mol. The summed E-state index contributed by atoms with van der Waals surface area (Å²) in [5.41, 5.74) is 1.73. The Morgan fingerprint density at radius 2 is 1.63 bits per heavy atom. The van der Waals surface area contributed by atoms with Crippen LogP contribution in [-0.4, -0.2) is 58.6 Å². The predicted octanol–water partition coefficient (Wildman–Crippen LogP) is 2.95. The molecule has 1 heterocycles. The van der Waals surface area contributed by atoms with Gasteiger partial charge in [-0.15, -0.1) is 0 Å². The van der Waals surface area contributed by atoms with Crippen LogP contribution in [0.15, 0.2) is 48.5 Å². The standard InChI is InChI=1S/C23H27FN2O4/c1-16-13-26(17(2)12-25(16)14-19-3-7-20(24)8-4-19)22(27)15-30-21-9-5-18(6-10-21)11-23(28)29/h3-10,16-17H,11-15H2,1-2H3,(H,28,29)/t16-,17+/m0/s1. The van der Waals surface area contributed by atoms with Crippen molar-refractivity contribution in [3.8, 4) is 5.75 Å². The Hall–Kier alpha value is -2.93. The van der Waals surface area contributed by atoms with Crippen LogP contribution in [0.1, 0.15) is 25.0 Å². The first kappa shape index (κ1) is 21.8. The molecule has 0 saturated carbocycles. The zero-order valence-corrected chi connectivity index (χ0v) is 17.3. The number of aliphatic carboxylic acids is 1. The van der Waals surface area contributed by atoms with Gasteiger partial charge >= 0.3 is 5.97 Å². The highest BCUT2D eigenvalue weighted by Gasteiger charge is 2.32. The van der Waals surface area contributed by atoms with E-state index in [1.165, 1.54) is 12.1 Å². The van der Waals surface area contributed by atoms with Crippen molar-refractivity contribution in [2.45, 2.75) is 38.9 Å². The number of benzene rings is 2. The Morgan fingerprint density at radius 1 is 1.00 bits per heavy atom. The van der Waals surface area contributed by atoms with Crippen molar-refractivity contribution < 1.29 is 23.8 Å². The SMILES string of the molecule is C[C@@H]1CN(Cc2ccc(F)cc2)[C@@H](C)CN1C(=O)COc1ccc(CC(=O)O)cc1. The summed E-state index contributed by atoms with van der Waals surface area (Å²) in [7, 11) is 0. The molecule has 1 saturated heterocycles. The van der Waals surface area contributed by atoms with Gasteiger partial charge in [-0.3, -0.25) is 14.5 Å². The monoisotopic (exact) mass is 414 g/mol. The fourth-order valence-corrected chi connectivity index (χ4v) is 3.70. The number of amides is 1. The number of carbonyl (C=O) groups is 2. The lowest BCUT2D eigenvalue weighted by Gasteiger charge is -2.44. The quantitative estimate of drug-likeness (QED) is 0.754. The summed E-state index contributed by atoms with van der Waals surface area (Å²) >= 11 is 0. The Labute approximate surface area is 175 Å². The molecule has 2 aromatic rings. The van der Waals surface area contributed by atoms with Crippen LogP contribution >= 0.6 is 0 Å². The van der Waals surface area contributed by atoms with Crippen LogP contribution in [0.25, 0.3) is 0 Å². The lowest BCUT2D eigenvalue weighted by molar-refractivity contribution is -0.139. The highest BCUT2D eigenvalue weighted by atomic mass is 19.1. The summed E-state index contributed by atoms with van der Waals surface area (Å²) in [5, 5.41) is 8.82. The Balaban J connectivity index is 1.52. The highest BCUT2D eigenvalue weighted by Crippen LogP contribution is 2.19. The van der Waals surface area contributed by atoms with Crippen molar-refractivity contribution in [3.05, 3.63) is 65.5 Å².